The zero-order chi connectivity index (χ0) is 12.0. The maximum Gasteiger partial charge on any atom is 0.0159 e. The van der Waals surface area contributed by atoms with Crippen LogP contribution in [0.25, 0.3) is 0 Å². The second-order valence-electron chi connectivity index (χ2n) is 7.80. The molecule has 110 valence electrons. The first-order chi connectivity index (χ1) is 8.81. The molecule has 0 aromatic carbocycles. The Balaban J connectivity index is 0.00000110. The average molecular weight is 285 g/mol. The molecule has 0 atom stereocenters. The molecule has 0 aromatic heterocycles. The van der Waals surface area contributed by atoms with E-state index in [4.69, 9.17) is 0 Å². The summed E-state index contributed by atoms with van der Waals surface area (Å²) < 4.78 is 0. The van der Waals surface area contributed by atoms with Crippen molar-refractivity contribution < 1.29 is 0 Å². The van der Waals surface area contributed by atoms with Gasteiger partial charge < -0.3 is 0 Å². The minimum absolute atomic E-state index is 0. The largest absolute Gasteiger partial charge is 0.255 e. The third-order valence-corrected chi connectivity index (χ3v) is 6.20. The molecule has 2 nitrogen and oxygen atoms in total. The lowest BCUT2D eigenvalue weighted by atomic mass is 9.49. The summed E-state index contributed by atoms with van der Waals surface area (Å²) in [6.07, 6.45) is 13.6. The van der Waals surface area contributed by atoms with Crippen LogP contribution in [-0.4, -0.2) is 24.6 Å². The van der Waals surface area contributed by atoms with Gasteiger partial charge in [-0.2, -0.15) is 0 Å². The fourth-order valence-electron chi connectivity index (χ4n) is 5.84. The predicted octanol–water partition coefficient (Wildman–Crippen LogP) is 3.62. The molecule has 1 heterocycles. The third-order valence-electron chi connectivity index (χ3n) is 6.20. The van der Waals surface area contributed by atoms with Gasteiger partial charge in [0.15, 0.2) is 0 Å². The number of nitrogens with zero attached hydrogens (tertiary/aromatic N) is 1. The SMILES string of the molecule is C1CCN(NCC23CC4CC(CC(C4)C2)C3)CC1.Cl. The molecule has 0 unspecified atom stereocenters. The van der Waals surface area contributed by atoms with E-state index in [2.05, 4.69) is 10.4 Å². The summed E-state index contributed by atoms with van der Waals surface area (Å²) in [7, 11) is 0. The van der Waals surface area contributed by atoms with E-state index in [0.717, 1.165) is 17.8 Å². The van der Waals surface area contributed by atoms with E-state index in [1.165, 1.54) is 38.9 Å². The first-order valence-corrected chi connectivity index (χ1v) is 8.30. The highest BCUT2D eigenvalue weighted by Gasteiger charge is 2.50. The summed E-state index contributed by atoms with van der Waals surface area (Å²) in [5.74, 6) is 3.29. The molecule has 5 fully saturated rings. The first-order valence-electron chi connectivity index (χ1n) is 8.30. The first kappa shape index (κ1) is 14.2. The van der Waals surface area contributed by atoms with Crippen LogP contribution < -0.4 is 5.43 Å². The van der Waals surface area contributed by atoms with Crippen molar-refractivity contribution in [3.8, 4) is 0 Å². The molecular formula is C16H29ClN2. The number of rotatable bonds is 3. The molecule has 4 saturated carbocycles. The van der Waals surface area contributed by atoms with Crippen molar-refractivity contribution in [3.63, 3.8) is 0 Å². The quantitative estimate of drug-likeness (QED) is 0.852. The minimum atomic E-state index is 0. The highest BCUT2D eigenvalue weighted by atomic mass is 35.5. The maximum atomic E-state index is 3.81. The molecule has 19 heavy (non-hydrogen) atoms. The van der Waals surface area contributed by atoms with Crippen LogP contribution in [0.15, 0.2) is 0 Å². The van der Waals surface area contributed by atoms with Crippen molar-refractivity contribution in [3.05, 3.63) is 0 Å². The molecule has 0 spiro atoms. The number of hydrogen-bond donors (Lipinski definition) is 1. The molecule has 4 aliphatic carbocycles. The fraction of sp³-hybridized carbons (Fsp3) is 1.00. The van der Waals surface area contributed by atoms with Crippen molar-refractivity contribution in [2.24, 2.45) is 23.2 Å². The van der Waals surface area contributed by atoms with Crippen LogP contribution in [0, 0.1) is 23.2 Å². The Labute approximate surface area is 124 Å². The lowest BCUT2D eigenvalue weighted by Gasteiger charge is -2.57. The van der Waals surface area contributed by atoms with Crippen LogP contribution in [-0.2, 0) is 0 Å². The summed E-state index contributed by atoms with van der Waals surface area (Å²) >= 11 is 0. The Kier molecular flexibility index (Phi) is 4.13. The number of hydrogen-bond acceptors (Lipinski definition) is 2. The summed E-state index contributed by atoms with van der Waals surface area (Å²) in [6.45, 7) is 3.86. The lowest BCUT2D eigenvalue weighted by Crippen LogP contribution is -2.53. The van der Waals surface area contributed by atoms with Crippen LogP contribution in [0.1, 0.15) is 57.8 Å². The smallest absolute Gasteiger partial charge is 0.0159 e. The van der Waals surface area contributed by atoms with E-state index in [1.54, 1.807) is 38.5 Å². The lowest BCUT2D eigenvalue weighted by molar-refractivity contribution is -0.0616. The molecule has 0 amide bonds. The molecule has 3 heteroatoms. The Hall–Kier alpha value is 0.210. The molecule has 4 bridgehead atoms. The van der Waals surface area contributed by atoms with Crippen molar-refractivity contribution >= 4 is 12.4 Å². The molecule has 0 radical (unpaired) electrons. The van der Waals surface area contributed by atoms with Gasteiger partial charge in [0, 0.05) is 19.6 Å². The third kappa shape index (κ3) is 2.82. The zero-order valence-corrected chi connectivity index (χ0v) is 12.9. The van der Waals surface area contributed by atoms with E-state index < -0.39 is 0 Å². The Morgan fingerprint density at radius 2 is 1.37 bits per heavy atom. The number of hydrazine groups is 1. The van der Waals surface area contributed by atoms with Gasteiger partial charge in [-0.05, 0) is 74.5 Å². The summed E-state index contributed by atoms with van der Waals surface area (Å²) in [6, 6.07) is 0. The van der Waals surface area contributed by atoms with Gasteiger partial charge in [0.25, 0.3) is 0 Å². The maximum absolute atomic E-state index is 3.81. The van der Waals surface area contributed by atoms with Crippen LogP contribution in [0.2, 0.25) is 0 Å². The van der Waals surface area contributed by atoms with E-state index in [-0.39, 0.29) is 12.4 Å². The molecule has 5 aliphatic rings. The Bertz CT molecular complexity index is 277. The van der Waals surface area contributed by atoms with Gasteiger partial charge in [0.2, 0.25) is 0 Å². The van der Waals surface area contributed by atoms with Gasteiger partial charge >= 0.3 is 0 Å². The highest BCUT2D eigenvalue weighted by Crippen LogP contribution is 2.59. The summed E-state index contributed by atoms with van der Waals surface area (Å²) in [5, 5.41) is 2.52. The van der Waals surface area contributed by atoms with E-state index >= 15 is 0 Å². The van der Waals surface area contributed by atoms with Gasteiger partial charge in [-0.25, -0.2) is 5.01 Å². The number of nitrogens with one attached hydrogen (secondary N) is 1. The van der Waals surface area contributed by atoms with Gasteiger partial charge in [-0.1, -0.05) is 6.42 Å². The van der Waals surface area contributed by atoms with Crippen LogP contribution in [0.3, 0.4) is 0 Å². The number of halogens is 1. The monoisotopic (exact) mass is 284 g/mol. The van der Waals surface area contributed by atoms with E-state index in [0.29, 0.717) is 5.41 Å². The van der Waals surface area contributed by atoms with E-state index in [9.17, 15) is 0 Å². The van der Waals surface area contributed by atoms with Gasteiger partial charge in [0.05, 0.1) is 0 Å². The van der Waals surface area contributed by atoms with Crippen molar-refractivity contribution in [2.45, 2.75) is 57.8 Å². The zero-order valence-electron chi connectivity index (χ0n) is 12.1. The van der Waals surface area contributed by atoms with E-state index in [1.807, 2.05) is 0 Å². The van der Waals surface area contributed by atoms with Crippen molar-refractivity contribution in [1.82, 2.24) is 10.4 Å². The van der Waals surface area contributed by atoms with Crippen LogP contribution >= 0.6 is 12.4 Å². The van der Waals surface area contributed by atoms with Gasteiger partial charge in [-0.15, -0.1) is 12.4 Å². The normalized spacial score (nSPS) is 45.2. The molecule has 5 rings (SSSR count). The second-order valence-corrected chi connectivity index (χ2v) is 7.80. The highest BCUT2D eigenvalue weighted by molar-refractivity contribution is 5.85. The molecule has 1 aliphatic heterocycles. The Morgan fingerprint density at radius 3 is 1.89 bits per heavy atom. The van der Waals surface area contributed by atoms with Gasteiger partial charge in [0.1, 0.15) is 0 Å². The number of piperidine rings is 1. The molecule has 0 aromatic rings. The predicted molar refractivity (Wildman–Crippen MR) is 81.3 cm³/mol. The second kappa shape index (κ2) is 5.54. The van der Waals surface area contributed by atoms with Crippen molar-refractivity contribution in [1.29, 1.82) is 0 Å². The molecule has 1 saturated heterocycles. The summed E-state index contributed by atoms with van der Waals surface area (Å²) in [5.41, 5.74) is 4.51. The standard InChI is InChI=1S/C16H28N2.ClH/c1-2-4-18(5-3-1)17-12-16-9-13-6-14(10-16)8-15(7-13)11-16;/h13-15,17H,1-12H2;1H. The van der Waals surface area contributed by atoms with Crippen LogP contribution in [0.4, 0.5) is 0 Å². The topological polar surface area (TPSA) is 15.3 Å². The molecule has 1 N–H and O–H groups in total. The van der Waals surface area contributed by atoms with Crippen molar-refractivity contribution in [2.75, 3.05) is 19.6 Å². The molecular weight excluding hydrogens is 256 g/mol. The van der Waals surface area contributed by atoms with Crippen LogP contribution in [0.5, 0.6) is 0 Å². The fourth-order valence-corrected chi connectivity index (χ4v) is 5.84. The minimum Gasteiger partial charge on any atom is -0.255 e. The average Bonchev–Trinajstić information content (AvgIpc) is 2.36. The Morgan fingerprint density at radius 1 is 0.842 bits per heavy atom. The summed E-state index contributed by atoms with van der Waals surface area (Å²) in [4.78, 5) is 0. The van der Waals surface area contributed by atoms with Gasteiger partial charge in [-0.3, -0.25) is 5.43 Å².